The first kappa shape index (κ1) is 14.8. The zero-order valence-electron chi connectivity index (χ0n) is 10.9. The molecule has 0 radical (unpaired) electrons. The molecule has 5 nitrogen and oxygen atoms in total. The molecule has 0 saturated carbocycles. The maximum Gasteiger partial charge on any atom is 0.318 e. The van der Waals surface area contributed by atoms with Gasteiger partial charge in [0, 0.05) is 10.5 Å². The topological polar surface area (TPSA) is 90.7 Å². The molecule has 1 heterocycles. The van der Waals surface area contributed by atoms with Crippen LogP contribution in [0.15, 0.2) is 39.1 Å². The molecule has 1 fully saturated rings. The number of carbonyl (C=O) groups is 1. The van der Waals surface area contributed by atoms with Crippen molar-refractivity contribution in [2.24, 2.45) is 16.5 Å². The van der Waals surface area contributed by atoms with E-state index in [1.807, 2.05) is 28.3 Å². The van der Waals surface area contributed by atoms with Gasteiger partial charge in [-0.15, -0.1) is 0 Å². The molecule has 1 aliphatic heterocycles. The van der Waals surface area contributed by atoms with Crippen molar-refractivity contribution in [3.05, 3.63) is 45.2 Å². The number of guanidine groups is 1. The Morgan fingerprint density at radius 3 is 2.65 bits per heavy atom. The van der Waals surface area contributed by atoms with E-state index in [0.717, 1.165) is 29.7 Å². The Morgan fingerprint density at radius 2 is 2.10 bits per heavy atom. The van der Waals surface area contributed by atoms with Crippen LogP contribution in [-0.4, -0.2) is 11.9 Å². The van der Waals surface area contributed by atoms with Gasteiger partial charge in [-0.1, -0.05) is 24.3 Å². The van der Waals surface area contributed by atoms with Crippen molar-refractivity contribution in [2.75, 3.05) is 0 Å². The molecule has 2 rings (SSSR count). The summed E-state index contributed by atoms with van der Waals surface area (Å²) in [7, 11) is 0. The Hall–Kier alpha value is -1.57. The van der Waals surface area contributed by atoms with Gasteiger partial charge in [0.1, 0.15) is 5.76 Å². The number of nitrogens with two attached hydrogens (primary N) is 2. The molecule has 1 atom stereocenters. The number of benzene rings is 1. The summed E-state index contributed by atoms with van der Waals surface area (Å²) < 4.78 is 7.08. The van der Waals surface area contributed by atoms with Crippen LogP contribution in [0.3, 0.4) is 0 Å². The van der Waals surface area contributed by atoms with Crippen LogP contribution in [0.4, 0.5) is 0 Å². The Balaban J connectivity index is 2.07. The maximum atomic E-state index is 11.9. The van der Waals surface area contributed by atoms with Crippen molar-refractivity contribution in [3.63, 3.8) is 0 Å². The molecule has 1 saturated heterocycles. The number of cyclic esters (lactones) is 1. The smallest absolute Gasteiger partial charge is 0.318 e. The van der Waals surface area contributed by atoms with Crippen LogP contribution < -0.4 is 11.5 Å². The van der Waals surface area contributed by atoms with Gasteiger partial charge in [0.15, 0.2) is 5.96 Å². The summed E-state index contributed by atoms with van der Waals surface area (Å²) in [4.78, 5) is 15.9. The number of halogens is 1. The second kappa shape index (κ2) is 6.74. The lowest BCUT2D eigenvalue weighted by molar-refractivity contribution is -0.143. The van der Waals surface area contributed by atoms with Crippen LogP contribution in [0.25, 0.3) is 0 Å². The highest BCUT2D eigenvalue weighted by molar-refractivity contribution is 14.1. The minimum atomic E-state index is -0.188. The quantitative estimate of drug-likeness (QED) is 0.361. The van der Waals surface area contributed by atoms with Crippen molar-refractivity contribution in [1.29, 1.82) is 0 Å². The van der Waals surface area contributed by atoms with E-state index in [1.165, 1.54) is 0 Å². The molecule has 0 bridgehead atoms. The first-order chi connectivity index (χ1) is 9.60. The second-order valence-electron chi connectivity index (χ2n) is 4.57. The molecule has 6 heteroatoms. The number of rotatable bonds is 3. The third-order valence-corrected chi connectivity index (χ3v) is 3.84. The average Bonchev–Trinajstić information content (AvgIpc) is 2.45. The lowest BCUT2D eigenvalue weighted by Crippen LogP contribution is -2.22. The van der Waals surface area contributed by atoms with Crippen molar-refractivity contribution in [1.82, 2.24) is 0 Å². The maximum absolute atomic E-state index is 11.9. The minimum Gasteiger partial charge on any atom is -0.430 e. The van der Waals surface area contributed by atoms with Crippen LogP contribution >= 0.6 is 22.6 Å². The first-order valence-corrected chi connectivity index (χ1v) is 7.50. The molecule has 1 aromatic rings. The molecule has 0 spiro atoms. The van der Waals surface area contributed by atoms with E-state index in [-0.39, 0.29) is 17.8 Å². The van der Waals surface area contributed by atoms with E-state index >= 15 is 0 Å². The molecule has 4 N–H and O–H groups in total. The summed E-state index contributed by atoms with van der Waals surface area (Å²) in [6.45, 7) is 0.444. The van der Waals surface area contributed by atoms with Crippen LogP contribution in [0.2, 0.25) is 0 Å². The summed E-state index contributed by atoms with van der Waals surface area (Å²) in [5.74, 6) is 0.447. The van der Waals surface area contributed by atoms with Gasteiger partial charge in [0.2, 0.25) is 0 Å². The number of allylic oxidation sites excluding steroid dienone is 1. The summed E-state index contributed by atoms with van der Waals surface area (Å²) in [5.41, 5.74) is 12.6. The van der Waals surface area contributed by atoms with Gasteiger partial charge in [0.05, 0.1) is 12.5 Å². The Labute approximate surface area is 131 Å². The monoisotopic (exact) mass is 385 g/mol. The number of hydrogen-bond acceptors (Lipinski definition) is 3. The van der Waals surface area contributed by atoms with Gasteiger partial charge in [0.25, 0.3) is 0 Å². The van der Waals surface area contributed by atoms with E-state index in [2.05, 4.69) is 27.6 Å². The van der Waals surface area contributed by atoms with Crippen LogP contribution in [0.1, 0.15) is 29.9 Å². The van der Waals surface area contributed by atoms with E-state index in [0.29, 0.717) is 6.54 Å². The molecule has 106 valence electrons. The number of aliphatic imine (C=N–C) groups is 1. The zero-order chi connectivity index (χ0) is 14.5. The predicted octanol–water partition coefficient (Wildman–Crippen LogP) is 2.16. The van der Waals surface area contributed by atoms with Gasteiger partial charge in [-0.2, -0.15) is 0 Å². The number of ether oxygens (including phenoxy) is 1. The molecular weight excluding hydrogens is 369 g/mol. The van der Waals surface area contributed by atoms with Crippen molar-refractivity contribution in [3.8, 4) is 0 Å². The Bertz CT molecular complexity index is 548. The minimum absolute atomic E-state index is 0.0723. The Morgan fingerprint density at radius 1 is 1.40 bits per heavy atom. The molecule has 0 amide bonds. The molecule has 20 heavy (non-hydrogen) atoms. The SMILES string of the molecule is NC(N)=NCc1ccc(C2CCC(=CI)OC2=O)cc1. The molecule has 1 aromatic carbocycles. The number of esters is 1. The fraction of sp³-hybridized carbons (Fsp3) is 0.286. The van der Waals surface area contributed by atoms with Crippen molar-refractivity contribution < 1.29 is 9.53 Å². The fourth-order valence-corrected chi connectivity index (χ4v) is 2.51. The first-order valence-electron chi connectivity index (χ1n) is 6.25. The largest absolute Gasteiger partial charge is 0.430 e. The van der Waals surface area contributed by atoms with Crippen molar-refractivity contribution >= 4 is 34.5 Å². The lowest BCUT2D eigenvalue weighted by atomic mass is 9.91. The highest BCUT2D eigenvalue weighted by Crippen LogP contribution is 2.31. The normalized spacial score (nSPS) is 20.6. The zero-order valence-corrected chi connectivity index (χ0v) is 13.0. The third-order valence-electron chi connectivity index (χ3n) is 3.14. The van der Waals surface area contributed by atoms with Gasteiger partial charge in [-0.05, 0) is 40.1 Å². The van der Waals surface area contributed by atoms with E-state index < -0.39 is 0 Å². The molecule has 1 unspecified atom stereocenters. The summed E-state index contributed by atoms with van der Waals surface area (Å²) in [6, 6.07) is 7.72. The fourth-order valence-electron chi connectivity index (χ4n) is 2.07. The molecule has 0 aliphatic carbocycles. The molecule has 1 aliphatic rings. The second-order valence-corrected chi connectivity index (χ2v) is 5.19. The third kappa shape index (κ3) is 3.72. The average molecular weight is 385 g/mol. The highest BCUT2D eigenvalue weighted by atomic mass is 127. The number of carbonyl (C=O) groups excluding carboxylic acids is 1. The standard InChI is InChI=1S/C14H16IN3O2/c15-7-11-5-6-12(13(19)20-11)10-3-1-9(2-4-10)8-18-14(16)17/h1-4,7,12H,5-6,8H2,(H4,16,17,18). The van der Waals surface area contributed by atoms with Gasteiger partial charge in [-0.3, -0.25) is 4.79 Å². The van der Waals surface area contributed by atoms with Gasteiger partial charge < -0.3 is 16.2 Å². The Kier molecular flexibility index (Phi) is 4.99. The molecule has 0 aromatic heterocycles. The van der Waals surface area contributed by atoms with Crippen LogP contribution in [-0.2, 0) is 16.1 Å². The van der Waals surface area contributed by atoms with E-state index in [1.54, 1.807) is 0 Å². The van der Waals surface area contributed by atoms with Crippen LogP contribution in [0, 0.1) is 0 Å². The predicted molar refractivity (Wildman–Crippen MR) is 86.1 cm³/mol. The number of nitrogens with zero attached hydrogens (tertiary/aromatic N) is 1. The van der Waals surface area contributed by atoms with Crippen LogP contribution in [0.5, 0.6) is 0 Å². The molecular formula is C14H16IN3O2. The van der Waals surface area contributed by atoms with E-state index in [4.69, 9.17) is 16.2 Å². The number of hydrogen-bond donors (Lipinski definition) is 2. The highest BCUT2D eigenvalue weighted by Gasteiger charge is 2.28. The van der Waals surface area contributed by atoms with Gasteiger partial charge in [-0.25, -0.2) is 4.99 Å². The summed E-state index contributed by atoms with van der Waals surface area (Å²) in [6.07, 6.45) is 1.57. The summed E-state index contributed by atoms with van der Waals surface area (Å²) >= 11 is 2.09. The van der Waals surface area contributed by atoms with Gasteiger partial charge >= 0.3 is 5.97 Å². The lowest BCUT2D eigenvalue weighted by Gasteiger charge is -2.22. The van der Waals surface area contributed by atoms with Crippen molar-refractivity contribution in [2.45, 2.75) is 25.3 Å². The van der Waals surface area contributed by atoms with E-state index in [9.17, 15) is 4.79 Å². The summed E-state index contributed by atoms with van der Waals surface area (Å²) in [5, 5.41) is 0.